The summed E-state index contributed by atoms with van der Waals surface area (Å²) in [5.74, 6) is -0.185. The van der Waals surface area contributed by atoms with Crippen LogP contribution in [0.1, 0.15) is 5.56 Å². The highest BCUT2D eigenvalue weighted by molar-refractivity contribution is 9.10. The predicted octanol–water partition coefficient (Wildman–Crippen LogP) is 7.25. The van der Waals surface area contributed by atoms with E-state index in [1.165, 1.54) is 22.7 Å². The molecule has 0 saturated carbocycles. The summed E-state index contributed by atoms with van der Waals surface area (Å²) in [7, 11) is 0. The van der Waals surface area contributed by atoms with Gasteiger partial charge in [-0.2, -0.15) is 18.3 Å². The van der Waals surface area contributed by atoms with Gasteiger partial charge in [0, 0.05) is 33.3 Å². The molecular formula is C24H12BrF4N5. The van der Waals surface area contributed by atoms with Crippen molar-refractivity contribution in [1.29, 1.82) is 0 Å². The van der Waals surface area contributed by atoms with E-state index in [1.54, 1.807) is 18.3 Å². The number of hydrogen-bond acceptors (Lipinski definition) is 4. The molecule has 3 aromatic carbocycles. The molecule has 0 unspecified atom stereocenters. The maximum atomic E-state index is 13.6. The van der Waals surface area contributed by atoms with Crippen molar-refractivity contribution in [3.63, 3.8) is 0 Å². The Labute approximate surface area is 197 Å². The largest absolute Gasteiger partial charge is 0.417 e. The zero-order valence-corrected chi connectivity index (χ0v) is 18.6. The first-order valence-corrected chi connectivity index (χ1v) is 10.9. The smallest absolute Gasteiger partial charge is 0.324 e. The Morgan fingerprint density at radius 1 is 0.912 bits per heavy atom. The van der Waals surface area contributed by atoms with Crippen molar-refractivity contribution in [1.82, 2.24) is 19.6 Å². The minimum Gasteiger partial charge on any atom is -0.324 e. The number of hydrogen-bond donors (Lipinski definition) is 1. The third kappa shape index (κ3) is 3.33. The molecule has 6 rings (SSSR count). The third-order valence-electron chi connectivity index (χ3n) is 5.59. The fraction of sp³-hybridized carbons (Fsp3) is 0.0417. The first kappa shape index (κ1) is 20.8. The molecule has 10 heteroatoms. The molecule has 6 aromatic rings. The summed E-state index contributed by atoms with van der Waals surface area (Å²) in [5.41, 5.74) is 1.18. The Morgan fingerprint density at radius 3 is 2.56 bits per heavy atom. The van der Waals surface area contributed by atoms with Gasteiger partial charge >= 0.3 is 6.18 Å². The molecule has 0 bridgehead atoms. The number of fused-ring (bicyclic) bond motifs is 8. The number of benzene rings is 3. The highest BCUT2D eigenvalue weighted by atomic mass is 79.9. The second kappa shape index (κ2) is 7.36. The molecule has 0 spiro atoms. The van der Waals surface area contributed by atoms with Crippen LogP contribution in [0.5, 0.6) is 0 Å². The standard InChI is InChI=1S/C24H12BrF4N5/c25-13-5-6-16-17(8-13)22-20(19-7-4-12(24(27,28)29)11-34(19)33-22)21-18(16)10-30-23(32-21)31-15-3-1-2-14(26)9-15/h1-11H,(H,30,31,32). The van der Waals surface area contributed by atoms with Crippen LogP contribution in [0.2, 0.25) is 0 Å². The number of aromatic nitrogens is 4. The lowest BCUT2D eigenvalue weighted by atomic mass is 10.0. The zero-order valence-electron chi connectivity index (χ0n) is 17.0. The van der Waals surface area contributed by atoms with Crippen molar-refractivity contribution in [2.75, 3.05) is 5.32 Å². The Kier molecular flexibility index (Phi) is 4.50. The topological polar surface area (TPSA) is 55.1 Å². The van der Waals surface area contributed by atoms with Crippen LogP contribution < -0.4 is 5.32 Å². The Balaban J connectivity index is 1.69. The van der Waals surface area contributed by atoms with Crippen LogP contribution in [0.25, 0.3) is 38.1 Å². The normalized spacial score (nSPS) is 12.3. The highest BCUT2D eigenvalue weighted by Gasteiger charge is 2.31. The molecule has 0 saturated heterocycles. The van der Waals surface area contributed by atoms with E-state index < -0.39 is 17.6 Å². The van der Waals surface area contributed by atoms with Crippen LogP contribution in [0.4, 0.5) is 29.2 Å². The van der Waals surface area contributed by atoms with E-state index in [0.29, 0.717) is 27.6 Å². The first-order chi connectivity index (χ1) is 16.3. The predicted molar refractivity (Wildman–Crippen MR) is 126 cm³/mol. The third-order valence-corrected chi connectivity index (χ3v) is 6.08. The number of pyridine rings is 1. The fourth-order valence-corrected chi connectivity index (χ4v) is 4.47. The molecule has 0 atom stereocenters. The molecule has 0 fully saturated rings. The van der Waals surface area contributed by atoms with Crippen molar-refractivity contribution in [2.24, 2.45) is 0 Å². The van der Waals surface area contributed by atoms with Gasteiger partial charge in [0.2, 0.25) is 5.95 Å². The lowest BCUT2D eigenvalue weighted by Gasteiger charge is -2.09. The second-order valence-corrected chi connectivity index (χ2v) is 8.67. The molecule has 34 heavy (non-hydrogen) atoms. The van der Waals surface area contributed by atoms with Crippen molar-refractivity contribution >= 4 is 65.7 Å². The average molecular weight is 526 g/mol. The summed E-state index contributed by atoms with van der Waals surface area (Å²) in [6.07, 6.45) is -1.88. The number of rotatable bonds is 2. The first-order valence-electron chi connectivity index (χ1n) is 10.1. The van der Waals surface area contributed by atoms with E-state index in [-0.39, 0.29) is 5.95 Å². The Hall–Kier alpha value is -3.79. The van der Waals surface area contributed by atoms with Gasteiger partial charge in [-0.3, -0.25) is 0 Å². The quantitative estimate of drug-likeness (QED) is 0.191. The van der Waals surface area contributed by atoms with Crippen molar-refractivity contribution in [2.45, 2.75) is 6.18 Å². The van der Waals surface area contributed by atoms with Crippen LogP contribution in [0.3, 0.4) is 0 Å². The van der Waals surface area contributed by atoms with Crippen LogP contribution >= 0.6 is 15.9 Å². The molecule has 0 aliphatic rings. The van der Waals surface area contributed by atoms with Gasteiger partial charge in [-0.25, -0.2) is 18.9 Å². The number of anilines is 2. The minimum absolute atomic E-state index is 0.224. The Morgan fingerprint density at radius 2 is 1.76 bits per heavy atom. The lowest BCUT2D eigenvalue weighted by molar-refractivity contribution is -0.137. The highest BCUT2D eigenvalue weighted by Crippen LogP contribution is 2.38. The van der Waals surface area contributed by atoms with E-state index in [0.717, 1.165) is 32.9 Å². The van der Waals surface area contributed by atoms with Gasteiger partial charge < -0.3 is 5.32 Å². The average Bonchev–Trinajstić information content (AvgIpc) is 3.18. The molecular weight excluding hydrogens is 514 g/mol. The molecule has 168 valence electrons. The van der Waals surface area contributed by atoms with Gasteiger partial charge in [-0.15, -0.1) is 0 Å². The van der Waals surface area contributed by atoms with E-state index in [1.807, 2.05) is 18.2 Å². The lowest BCUT2D eigenvalue weighted by Crippen LogP contribution is -2.06. The number of alkyl halides is 3. The minimum atomic E-state index is -4.50. The van der Waals surface area contributed by atoms with Crippen molar-refractivity contribution < 1.29 is 17.6 Å². The maximum absolute atomic E-state index is 13.6. The van der Waals surface area contributed by atoms with Crippen LogP contribution in [0, 0.1) is 5.82 Å². The second-order valence-electron chi connectivity index (χ2n) is 7.75. The van der Waals surface area contributed by atoms with E-state index in [4.69, 9.17) is 0 Å². The molecule has 1 N–H and O–H groups in total. The van der Waals surface area contributed by atoms with Gasteiger partial charge in [0.05, 0.1) is 22.0 Å². The molecule has 0 aliphatic heterocycles. The van der Waals surface area contributed by atoms with Crippen LogP contribution in [-0.4, -0.2) is 19.6 Å². The van der Waals surface area contributed by atoms with Gasteiger partial charge in [0.1, 0.15) is 11.3 Å². The maximum Gasteiger partial charge on any atom is 0.417 e. The molecule has 3 aromatic heterocycles. The van der Waals surface area contributed by atoms with Crippen LogP contribution in [-0.2, 0) is 6.18 Å². The summed E-state index contributed by atoms with van der Waals surface area (Å²) < 4.78 is 55.6. The Bertz CT molecular complexity index is 1760. The number of nitrogens with one attached hydrogen (secondary N) is 1. The molecule has 0 aliphatic carbocycles. The van der Waals surface area contributed by atoms with Crippen molar-refractivity contribution in [3.8, 4) is 0 Å². The monoisotopic (exact) mass is 525 g/mol. The summed E-state index contributed by atoms with van der Waals surface area (Å²) in [6.45, 7) is 0. The molecule has 3 heterocycles. The van der Waals surface area contributed by atoms with E-state index in [9.17, 15) is 17.6 Å². The number of nitrogens with zero attached hydrogens (tertiary/aromatic N) is 4. The molecule has 0 radical (unpaired) electrons. The van der Waals surface area contributed by atoms with Crippen LogP contribution in [0.15, 0.2) is 71.5 Å². The number of halogens is 5. The molecule has 0 amide bonds. The summed E-state index contributed by atoms with van der Waals surface area (Å²) in [5, 5.41) is 10.4. The molecule has 5 nitrogen and oxygen atoms in total. The zero-order chi connectivity index (χ0) is 23.6. The van der Waals surface area contributed by atoms with Gasteiger partial charge in [0.15, 0.2) is 0 Å². The summed E-state index contributed by atoms with van der Waals surface area (Å²) in [4.78, 5) is 9.05. The van der Waals surface area contributed by atoms with E-state index >= 15 is 0 Å². The van der Waals surface area contributed by atoms with Gasteiger partial charge in [-0.1, -0.05) is 28.1 Å². The van der Waals surface area contributed by atoms with Gasteiger partial charge in [0.25, 0.3) is 0 Å². The van der Waals surface area contributed by atoms with Gasteiger partial charge in [-0.05, 0) is 47.9 Å². The fourth-order valence-electron chi connectivity index (χ4n) is 4.11. The van der Waals surface area contributed by atoms with E-state index in [2.05, 4.69) is 36.3 Å². The summed E-state index contributed by atoms with van der Waals surface area (Å²) >= 11 is 3.46. The SMILES string of the molecule is Fc1cccc(Nc2ncc3c4ccc(Br)cc4c4nn5cc(C(F)(F)F)ccc5c4c3n2)c1. The summed E-state index contributed by atoms with van der Waals surface area (Å²) in [6, 6.07) is 13.9. The van der Waals surface area contributed by atoms with Crippen molar-refractivity contribution in [3.05, 3.63) is 82.8 Å².